The molecule has 0 spiro atoms. The molecule has 1 N–H and O–H groups in total. The Bertz CT molecular complexity index is 818. The molecule has 1 heterocycles. The van der Waals surface area contributed by atoms with Crippen molar-refractivity contribution in [2.45, 2.75) is 39.7 Å². The third-order valence-corrected chi connectivity index (χ3v) is 4.48. The lowest BCUT2D eigenvalue weighted by atomic mass is 10.2. The molecule has 0 saturated carbocycles. The van der Waals surface area contributed by atoms with Crippen molar-refractivity contribution in [3.8, 4) is 5.75 Å². The molecule has 10 heteroatoms. The fourth-order valence-electron chi connectivity index (χ4n) is 3.04. The van der Waals surface area contributed by atoms with Crippen molar-refractivity contribution < 1.29 is 33.4 Å². The van der Waals surface area contributed by atoms with E-state index in [1.165, 1.54) is 12.1 Å². The first-order chi connectivity index (χ1) is 15.1. The minimum atomic E-state index is -0.801. The summed E-state index contributed by atoms with van der Waals surface area (Å²) in [5, 5.41) is 2.47. The van der Waals surface area contributed by atoms with Crippen molar-refractivity contribution in [3.63, 3.8) is 0 Å². The largest absolute Gasteiger partial charge is 0.513 e. The number of carbonyl (C=O) groups is 4. The van der Waals surface area contributed by atoms with E-state index in [-0.39, 0.29) is 30.7 Å². The van der Waals surface area contributed by atoms with Crippen molar-refractivity contribution in [2.24, 2.45) is 0 Å². The van der Waals surface area contributed by atoms with Crippen LogP contribution in [0.4, 0.5) is 9.59 Å². The second-order valence-electron chi connectivity index (χ2n) is 8.19. The number of nitrogens with one attached hydrogen (secondary N) is 1. The Balaban J connectivity index is 1.85. The minimum absolute atomic E-state index is 0.162. The molecule has 1 saturated heterocycles. The molecule has 0 aliphatic carbocycles. The van der Waals surface area contributed by atoms with E-state index in [1.54, 1.807) is 49.6 Å². The van der Waals surface area contributed by atoms with Gasteiger partial charge in [-0.05, 0) is 58.4 Å². The Labute approximate surface area is 187 Å². The summed E-state index contributed by atoms with van der Waals surface area (Å²) < 4.78 is 14.8. The lowest BCUT2D eigenvalue weighted by molar-refractivity contribution is -0.130. The number of hydrogen-bond acceptors (Lipinski definition) is 7. The summed E-state index contributed by atoms with van der Waals surface area (Å²) in [6, 6.07) is 6.21. The fraction of sp³-hybridized carbons (Fsp3) is 0.545. The summed E-state index contributed by atoms with van der Waals surface area (Å²) in [7, 11) is 0. The summed E-state index contributed by atoms with van der Waals surface area (Å²) in [5.74, 6) is -0.121. The Hall–Kier alpha value is -3.30. The third kappa shape index (κ3) is 8.09. The van der Waals surface area contributed by atoms with Gasteiger partial charge in [0.25, 0.3) is 5.91 Å². The molecule has 1 aliphatic rings. The summed E-state index contributed by atoms with van der Waals surface area (Å²) in [6.45, 7) is 8.69. The molecular weight excluding hydrogens is 418 g/mol. The van der Waals surface area contributed by atoms with Crippen LogP contribution >= 0.6 is 0 Å². The maximum Gasteiger partial charge on any atom is 0.513 e. The van der Waals surface area contributed by atoms with Crippen LogP contribution in [0.15, 0.2) is 24.3 Å². The van der Waals surface area contributed by atoms with Gasteiger partial charge in [-0.1, -0.05) is 0 Å². The first-order valence-corrected chi connectivity index (χ1v) is 10.6. The smallest absolute Gasteiger partial charge is 0.444 e. The number of alkyl carbamates (subject to hydrolysis) is 1. The molecule has 1 aromatic carbocycles. The molecule has 0 bridgehead atoms. The summed E-state index contributed by atoms with van der Waals surface area (Å²) in [4.78, 5) is 51.7. The predicted molar refractivity (Wildman–Crippen MR) is 115 cm³/mol. The van der Waals surface area contributed by atoms with Crippen LogP contribution in [0.25, 0.3) is 0 Å². The van der Waals surface area contributed by atoms with Crippen LogP contribution in [0.3, 0.4) is 0 Å². The molecule has 1 aromatic rings. The van der Waals surface area contributed by atoms with E-state index in [0.717, 1.165) is 0 Å². The average Bonchev–Trinajstić information content (AvgIpc) is 2.97. The van der Waals surface area contributed by atoms with Gasteiger partial charge >= 0.3 is 12.2 Å². The first-order valence-electron chi connectivity index (χ1n) is 10.6. The van der Waals surface area contributed by atoms with E-state index in [4.69, 9.17) is 14.2 Å². The minimum Gasteiger partial charge on any atom is -0.444 e. The Morgan fingerprint density at radius 2 is 1.59 bits per heavy atom. The fourth-order valence-corrected chi connectivity index (χ4v) is 3.04. The highest BCUT2D eigenvalue weighted by molar-refractivity contribution is 5.94. The van der Waals surface area contributed by atoms with E-state index < -0.39 is 17.8 Å². The topological polar surface area (TPSA) is 114 Å². The molecule has 0 atom stereocenters. The third-order valence-electron chi connectivity index (χ3n) is 4.48. The number of nitrogens with zero attached hydrogens (tertiary/aromatic N) is 2. The van der Waals surface area contributed by atoms with Crippen LogP contribution in [-0.4, -0.2) is 78.8 Å². The molecular formula is C22H31N3O7. The zero-order valence-electron chi connectivity index (χ0n) is 19.0. The molecule has 1 aliphatic heterocycles. The van der Waals surface area contributed by atoms with Crippen molar-refractivity contribution in [2.75, 3.05) is 39.3 Å². The molecule has 0 unspecified atom stereocenters. The Morgan fingerprint density at radius 1 is 0.969 bits per heavy atom. The quantitative estimate of drug-likeness (QED) is 0.542. The van der Waals surface area contributed by atoms with Gasteiger partial charge in [0.1, 0.15) is 17.9 Å². The van der Waals surface area contributed by atoms with Crippen LogP contribution < -0.4 is 10.1 Å². The number of rotatable bonds is 5. The number of hydrogen-bond donors (Lipinski definition) is 1. The summed E-state index contributed by atoms with van der Waals surface area (Å²) in [6.07, 6.45) is -0.827. The SMILES string of the molecule is CCOC(=O)Oc1ccc(C(=O)N2CCCN(C(=O)CNC(=O)OC(C)(C)C)CC2)cc1. The van der Waals surface area contributed by atoms with E-state index >= 15 is 0 Å². The van der Waals surface area contributed by atoms with Gasteiger partial charge in [0.15, 0.2) is 0 Å². The summed E-state index contributed by atoms with van der Waals surface area (Å²) in [5.41, 5.74) is -0.188. The number of amides is 3. The highest BCUT2D eigenvalue weighted by atomic mass is 16.7. The van der Waals surface area contributed by atoms with Crippen molar-refractivity contribution in [1.82, 2.24) is 15.1 Å². The maximum absolute atomic E-state index is 12.8. The maximum atomic E-state index is 12.8. The van der Waals surface area contributed by atoms with E-state index in [0.29, 0.717) is 38.2 Å². The lowest BCUT2D eigenvalue weighted by Gasteiger charge is -2.23. The number of carbonyl (C=O) groups excluding carboxylic acids is 4. The van der Waals surface area contributed by atoms with Gasteiger partial charge in [-0.2, -0.15) is 0 Å². The molecule has 0 radical (unpaired) electrons. The van der Waals surface area contributed by atoms with Gasteiger partial charge in [0, 0.05) is 31.7 Å². The van der Waals surface area contributed by atoms with E-state index in [2.05, 4.69) is 5.32 Å². The number of benzene rings is 1. The van der Waals surface area contributed by atoms with Crippen molar-refractivity contribution in [1.29, 1.82) is 0 Å². The molecule has 1 fully saturated rings. The van der Waals surface area contributed by atoms with Gasteiger partial charge in [-0.3, -0.25) is 9.59 Å². The molecule has 0 aromatic heterocycles. The molecule has 3 amide bonds. The van der Waals surface area contributed by atoms with E-state index in [1.807, 2.05) is 0 Å². The van der Waals surface area contributed by atoms with Gasteiger partial charge in [0.05, 0.1) is 6.61 Å². The molecule has 10 nitrogen and oxygen atoms in total. The zero-order valence-corrected chi connectivity index (χ0v) is 19.0. The predicted octanol–water partition coefficient (Wildman–Crippen LogP) is 2.42. The first kappa shape index (κ1) is 25.0. The average molecular weight is 450 g/mol. The van der Waals surface area contributed by atoms with Crippen LogP contribution in [0, 0.1) is 0 Å². The molecule has 176 valence electrons. The highest BCUT2D eigenvalue weighted by Crippen LogP contribution is 2.16. The Kier molecular flexibility index (Phi) is 8.86. The second-order valence-corrected chi connectivity index (χ2v) is 8.19. The van der Waals surface area contributed by atoms with Gasteiger partial charge in [0.2, 0.25) is 5.91 Å². The van der Waals surface area contributed by atoms with Crippen LogP contribution in [0.2, 0.25) is 0 Å². The van der Waals surface area contributed by atoms with Crippen LogP contribution in [-0.2, 0) is 14.3 Å². The van der Waals surface area contributed by atoms with Crippen LogP contribution in [0.1, 0.15) is 44.5 Å². The molecule has 32 heavy (non-hydrogen) atoms. The summed E-state index contributed by atoms with van der Waals surface area (Å²) >= 11 is 0. The lowest BCUT2D eigenvalue weighted by Crippen LogP contribution is -2.43. The van der Waals surface area contributed by atoms with Crippen molar-refractivity contribution >= 4 is 24.1 Å². The molecule has 2 rings (SSSR count). The van der Waals surface area contributed by atoms with Gasteiger partial charge < -0.3 is 29.3 Å². The van der Waals surface area contributed by atoms with Gasteiger partial charge in [-0.25, -0.2) is 9.59 Å². The van der Waals surface area contributed by atoms with E-state index in [9.17, 15) is 19.2 Å². The number of ether oxygens (including phenoxy) is 3. The standard InChI is InChI=1S/C22H31N3O7/c1-5-30-21(29)31-17-9-7-16(8-10-17)19(27)25-12-6-11-24(13-14-25)18(26)15-23-20(28)32-22(2,3)4/h7-10H,5-6,11-15H2,1-4H3,(H,23,28). The monoisotopic (exact) mass is 449 g/mol. The second kappa shape index (κ2) is 11.4. The van der Waals surface area contributed by atoms with Gasteiger partial charge in [-0.15, -0.1) is 0 Å². The van der Waals surface area contributed by atoms with Crippen LogP contribution in [0.5, 0.6) is 5.75 Å². The van der Waals surface area contributed by atoms with Crippen molar-refractivity contribution in [3.05, 3.63) is 29.8 Å². The Morgan fingerprint density at radius 3 is 2.22 bits per heavy atom. The highest BCUT2D eigenvalue weighted by Gasteiger charge is 2.24. The zero-order chi connectivity index (χ0) is 23.7. The normalized spacial score (nSPS) is 14.2.